The second-order valence-corrected chi connectivity index (χ2v) is 5.95. The summed E-state index contributed by atoms with van der Waals surface area (Å²) < 4.78 is 37.9. The highest BCUT2D eigenvalue weighted by Crippen LogP contribution is 2.33. The summed E-state index contributed by atoms with van der Waals surface area (Å²) in [5.74, 6) is -0.319. The lowest BCUT2D eigenvalue weighted by Crippen LogP contribution is -2.33. The van der Waals surface area contributed by atoms with Gasteiger partial charge in [0.1, 0.15) is 5.82 Å². The Labute approximate surface area is 142 Å². The normalized spacial score (nSPS) is 16.0. The summed E-state index contributed by atoms with van der Waals surface area (Å²) in [5, 5.41) is 8.83. The summed E-state index contributed by atoms with van der Waals surface area (Å²) in [7, 11) is 0. The Morgan fingerprint density at radius 3 is 2.20 bits per heavy atom. The minimum absolute atomic E-state index is 0.108. The fourth-order valence-electron chi connectivity index (χ4n) is 2.98. The van der Waals surface area contributed by atoms with Gasteiger partial charge in [0.25, 0.3) is 0 Å². The molecule has 25 heavy (non-hydrogen) atoms. The van der Waals surface area contributed by atoms with Gasteiger partial charge in [0, 0.05) is 13.1 Å². The number of hydrogen-bond donors (Lipinski definition) is 1. The quantitative estimate of drug-likeness (QED) is 0.916. The average molecular weight is 351 g/mol. The molecule has 2 aromatic rings. The van der Waals surface area contributed by atoms with E-state index in [0.29, 0.717) is 18.9 Å². The topological polar surface area (TPSA) is 66.3 Å². The summed E-state index contributed by atoms with van der Waals surface area (Å²) in [6.45, 7) is 1.37. The number of anilines is 1. The summed E-state index contributed by atoms with van der Waals surface area (Å²) in [6.07, 6.45) is -0.0916. The van der Waals surface area contributed by atoms with Gasteiger partial charge in [-0.1, -0.05) is 12.1 Å². The van der Waals surface area contributed by atoms with Crippen LogP contribution < -0.4 is 4.90 Å². The van der Waals surface area contributed by atoms with Gasteiger partial charge in [-0.3, -0.25) is 0 Å². The van der Waals surface area contributed by atoms with Crippen LogP contribution >= 0.6 is 0 Å². The first-order valence-corrected chi connectivity index (χ1v) is 7.82. The Balaban J connectivity index is 1.62. The number of alkyl halides is 3. The molecule has 0 spiro atoms. The maximum atomic E-state index is 12.6. The van der Waals surface area contributed by atoms with Crippen molar-refractivity contribution in [2.75, 3.05) is 18.0 Å². The molecule has 1 aliphatic heterocycles. The number of piperidine rings is 1. The first-order valence-electron chi connectivity index (χ1n) is 7.82. The van der Waals surface area contributed by atoms with Crippen LogP contribution in [0.25, 0.3) is 0 Å². The third-order valence-corrected chi connectivity index (χ3v) is 4.39. The fraction of sp³-hybridized carbons (Fsp3) is 0.353. The van der Waals surface area contributed by atoms with E-state index < -0.39 is 17.7 Å². The van der Waals surface area contributed by atoms with Crippen molar-refractivity contribution in [1.82, 2.24) is 9.97 Å². The summed E-state index contributed by atoms with van der Waals surface area (Å²) in [6, 6.07) is 5.34. The van der Waals surface area contributed by atoms with Gasteiger partial charge >= 0.3 is 12.1 Å². The molecule has 1 N–H and O–H groups in total. The second kappa shape index (κ2) is 6.70. The largest absolute Gasteiger partial charge is 0.476 e. The molecule has 1 aromatic carbocycles. The molecule has 1 fully saturated rings. The molecule has 0 atom stereocenters. The molecular weight excluding hydrogens is 335 g/mol. The lowest BCUT2D eigenvalue weighted by atomic mass is 9.89. The minimum Gasteiger partial charge on any atom is -0.476 e. The van der Waals surface area contributed by atoms with Crippen LogP contribution in [0.2, 0.25) is 0 Å². The van der Waals surface area contributed by atoms with E-state index in [2.05, 4.69) is 9.97 Å². The van der Waals surface area contributed by atoms with Gasteiger partial charge in [-0.15, -0.1) is 0 Å². The fourth-order valence-corrected chi connectivity index (χ4v) is 2.98. The average Bonchev–Trinajstić information content (AvgIpc) is 2.61. The van der Waals surface area contributed by atoms with Crippen LogP contribution in [0.3, 0.4) is 0 Å². The van der Waals surface area contributed by atoms with Crippen molar-refractivity contribution < 1.29 is 23.1 Å². The molecule has 0 amide bonds. The van der Waals surface area contributed by atoms with Gasteiger partial charge in [0.05, 0.1) is 18.0 Å². The van der Waals surface area contributed by atoms with E-state index in [1.807, 2.05) is 4.90 Å². The zero-order chi connectivity index (χ0) is 18.0. The zero-order valence-electron chi connectivity index (χ0n) is 13.2. The van der Waals surface area contributed by atoms with Crippen LogP contribution in [0.5, 0.6) is 0 Å². The number of carbonyl (C=O) groups is 1. The summed E-state index contributed by atoms with van der Waals surface area (Å²) in [5.41, 5.74) is 0.158. The number of aromatic carboxylic acids is 1. The summed E-state index contributed by atoms with van der Waals surface area (Å²) in [4.78, 5) is 20.8. The lowest BCUT2D eigenvalue weighted by Gasteiger charge is -2.32. The lowest BCUT2D eigenvalue weighted by molar-refractivity contribution is -0.137. The number of halogens is 3. The van der Waals surface area contributed by atoms with E-state index in [1.54, 1.807) is 12.1 Å². The van der Waals surface area contributed by atoms with Crippen molar-refractivity contribution in [3.8, 4) is 0 Å². The van der Waals surface area contributed by atoms with Crippen LogP contribution in [0.4, 0.5) is 19.0 Å². The Morgan fingerprint density at radius 2 is 1.72 bits per heavy atom. The molecule has 1 aromatic heterocycles. The van der Waals surface area contributed by atoms with E-state index in [4.69, 9.17) is 5.11 Å². The van der Waals surface area contributed by atoms with Crippen molar-refractivity contribution in [1.29, 1.82) is 0 Å². The van der Waals surface area contributed by atoms with Crippen molar-refractivity contribution in [3.63, 3.8) is 0 Å². The highest BCUT2D eigenvalue weighted by atomic mass is 19.4. The smallest absolute Gasteiger partial charge is 0.416 e. The van der Waals surface area contributed by atoms with E-state index in [-0.39, 0.29) is 11.6 Å². The standard InChI is InChI=1S/C17H16F3N3O2/c18-17(19,20)13-3-1-11(2-4-13)12-5-7-23(8-6-12)15-10-21-14(9-22-15)16(24)25/h1-4,9-10,12H,5-8H2,(H,24,25). The van der Waals surface area contributed by atoms with Gasteiger partial charge in [-0.2, -0.15) is 13.2 Å². The molecule has 2 heterocycles. The molecule has 0 unspecified atom stereocenters. The number of rotatable bonds is 3. The van der Waals surface area contributed by atoms with Crippen molar-refractivity contribution >= 4 is 11.8 Å². The minimum atomic E-state index is -4.32. The van der Waals surface area contributed by atoms with Crippen LogP contribution in [-0.2, 0) is 6.18 Å². The van der Waals surface area contributed by atoms with E-state index in [1.165, 1.54) is 12.4 Å². The first-order chi connectivity index (χ1) is 11.8. The van der Waals surface area contributed by atoms with Crippen LogP contribution in [0.1, 0.15) is 40.4 Å². The predicted octanol–water partition coefficient (Wildman–Crippen LogP) is 3.58. The third-order valence-electron chi connectivity index (χ3n) is 4.39. The Hall–Kier alpha value is -2.64. The van der Waals surface area contributed by atoms with Crippen molar-refractivity contribution in [2.24, 2.45) is 0 Å². The van der Waals surface area contributed by atoms with Gasteiger partial charge in [-0.25, -0.2) is 14.8 Å². The van der Waals surface area contributed by atoms with Crippen LogP contribution in [-0.4, -0.2) is 34.1 Å². The maximum Gasteiger partial charge on any atom is 0.416 e. The predicted molar refractivity (Wildman–Crippen MR) is 84.6 cm³/mol. The molecule has 0 bridgehead atoms. The van der Waals surface area contributed by atoms with Crippen molar-refractivity contribution in [3.05, 3.63) is 53.5 Å². The number of hydrogen-bond acceptors (Lipinski definition) is 4. The monoisotopic (exact) mass is 351 g/mol. The molecule has 5 nitrogen and oxygen atoms in total. The molecule has 0 aliphatic carbocycles. The van der Waals surface area contributed by atoms with E-state index >= 15 is 0 Å². The number of carboxylic acid groups (broad SMARTS) is 1. The van der Waals surface area contributed by atoms with Crippen LogP contribution in [0, 0.1) is 0 Å². The molecule has 1 aliphatic rings. The number of nitrogens with zero attached hydrogens (tertiary/aromatic N) is 3. The highest BCUT2D eigenvalue weighted by molar-refractivity contribution is 5.84. The van der Waals surface area contributed by atoms with E-state index in [0.717, 1.165) is 30.5 Å². The SMILES string of the molecule is O=C(O)c1cnc(N2CCC(c3ccc(C(F)(F)F)cc3)CC2)cn1. The Morgan fingerprint density at radius 1 is 1.08 bits per heavy atom. The van der Waals surface area contributed by atoms with Gasteiger partial charge < -0.3 is 10.0 Å². The molecule has 8 heteroatoms. The van der Waals surface area contributed by atoms with E-state index in [9.17, 15) is 18.0 Å². The molecule has 132 valence electrons. The number of carboxylic acids is 1. The van der Waals surface area contributed by atoms with Crippen molar-refractivity contribution in [2.45, 2.75) is 24.9 Å². The Kier molecular flexibility index (Phi) is 4.61. The molecule has 3 rings (SSSR count). The van der Waals surface area contributed by atoms with Crippen LogP contribution in [0.15, 0.2) is 36.7 Å². The number of aromatic nitrogens is 2. The van der Waals surface area contributed by atoms with Gasteiger partial charge in [-0.05, 0) is 36.5 Å². The van der Waals surface area contributed by atoms with Gasteiger partial charge in [0.2, 0.25) is 0 Å². The molecular formula is C17H16F3N3O2. The molecule has 1 saturated heterocycles. The maximum absolute atomic E-state index is 12.6. The third kappa shape index (κ3) is 3.89. The van der Waals surface area contributed by atoms with Gasteiger partial charge in [0.15, 0.2) is 5.69 Å². The Bertz CT molecular complexity index is 737. The highest BCUT2D eigenvalue weighted by Gasteiger charge is 2.30. The number of benzene rings is 1. The second-order valence-electron chi connectivity index (χ2n) is 5.95. The molecule has 0 saturated carbocycles. The molecule has 0 radical (unpaired) electrons. The first kappa shape index (κ1) is 17.2. The zero-order valence-corrected chi connectivity index (χ0v) is 13.2. The summed E-state index contributed by atoms with van der Waals surface area (Å²) >= 11 is 0.